The molecule has 0 aromatic heterocycles. The van der Waals surface area contributed by atoms with Crippen molar-refractivity contribution in [3.8, 4) is 0 Å². The number of hydrogen-bond acceptors (Lipinski definition) is 2. The normalized spacial score (nSPS) is 40.9. The summed E-state index contributed by atoms with van der Waals surface area (Å²) in [5, 5.41) is 1.86. The molecule has 1 nitrogen and oxygen atoms in total. The van der Waals surface area contributed by atoms with Gasteiger partial charge in [-0.25, -0.2) is 0 Å². The molecule has 0 saturated carbocycles. The van der Waals surface area contributed by atoms with Crippen molar-refractivity contribution in [3.63, 3.8) is 0 Å². The molecular formula is C9H14OS. The molecule has 0 N–H and O–H groups in total. The Hall–Kier alpha value is -0.110. The first kappa shape index (κ1) is 7.53. The van der Waals surface area contributed by atoms with Crippen LogP contribution in [-0.2, 0) is 4.74 Å². The first-order valence-electron chi connectivity index (χ1n) is 4.28. The van der Waals surface area contributed by atoms with Crippen LogP contribution in [0.4, 0.5) is 0 Å². The fraction of sp³-hybridized carbons (Fsp3) is 0.778. The lowest BCUT2D eigenvalue weighted by atomic mass is 9.90. The van der Waals surface area contributed by atoms with Gasteiger partial charge in [-0.05, 0) is 19.3 Å². The predicted molar refractivity (Wildman–Crippen MR) is 48.7 cm³/mol. The standard InChI is InChI=1S/C9H14OS/c1-2-10-6-7-5-8-3-4-9(7)11-8/h2,7-9H,1,3-6H2. The van der Waals surface area contributed by atoms with Crippen LogP contribution in [0.15, 0.2) is 12.8 Å². The first-order valence-corrected chi connectivity index (χ1v) is 5.22. The summed E-state index contributed by atoms with van der Waals surface area (Å²) in [7, 11) is 0. The van der Waals surface area contributed by atoms with Crippen molar-refractivity contribution < 1.29 is 4.74 Å². The van der Waals surface area contributed by atoms with Crippen molar-refractivity contribution >= 4 is 11.8 Å². The van der Waals surface area contributed by atoms with Crippen molar-refractivity contribution in [1.29, 1.82) is 0 Å². The van der Waals surface area contributed by atoms with Gasteiger partial charge >= 0.3 is 0 Å². The van der Waals surface area contributed by atoms with E-state index in [1.54, 1.807) is 6.26 Å². The molecule has 3 atom stereocenters. The second kappa shape index (κ2) is 3.10. The van der Waals surface area contributed by atoms with Crippen LogP contribution >= 0.6 is 11.8 Å². The molecule has 2 rings (SSSR count). The van der Waals surface area contributed by atoms with Crippen LogP contribution in [-0.4, -0.2) is 17.1 Å². The second-order valence-electron chi connectivity index (χ2n) is 3.37. The lowest BCUT2D eigenvalue weighted by Gasteiger charge is -2.18. The third kappa shape index (κ3) is 1.41. The Bertz CT molecular complexity index is 158. The van der Waals surface area contributed by atoms with Gasteiger partial charge in [-0.15, -0.1) is 0 Å². The Balaban J connectivity index is 1.83. The zero-order chi connectivity index (χ0) is 7.68. The molecule has 0 amide bonds. The van der Waals surface area contributed by atoms with E-state index in [1.807, 2.05) is 0 Å². The molecule has 2 bridgehead atoms. The van der Waals surface area contributed by atoms with Gasteiger partial charge in [0, 0.05) is 16.4 Å². The van der Waals surface area contributed by atoms with E-state index in [0.717, 1.165) is 23.0 Å². The van der Waals surface area contributed by atoms with Gasteiger partial charge in [-0.1, -0.05) is 6.58 Å². The van der Waals surface area contributed by atoms with Crippen molar-refractivity contribution in [2.45, 2.75) is 29.8 Å². The fourth-order valence-corrected chi connectivity index (χ4v) is 3.92. The van der Waals surface area contributed by atoms with E-state index in [0.29, 0.717) is 0 Å². The van der Waals surface area contributed by atoms with E-state index in [1.165, 1.54) is 19.3 Å². The lowest BCUT2D eigenvalue weighted by Crippen LogP contribution is -2.19. The Labute approximate surface area is 72.2 Å². The highest BCUT2D eigenvalue weighted by atomic mass is 32.2. The number of fused-ring (bicyclic) bond motifs is 2. The van der Waals surface area contributed by atoms with Crippen LogP contribution in [0.3, 0.4) is 0 Å². The molecule has 2 heteroatoms. The monoisotopic (exact) mass is 170 g/mol. The molecule has 11 heavy (non-hydrogen) atoms. The molecule has 2 fully saturated rings. The Kier molecular flexibility index (Phi) is 2.12. The summed E-state index contributed by atoms with van der Waals surface area (Å²) >= 11 is 2.18. The van der Waals surface area contributed by atoms with E-state index in [2.05, 4.69) is 18.3 Å². The van der Waals surface area contributed by atoms with Gasteiger partial charge in [0.15, 0.2) is 0 Å². The number of hydrogen-bond donors (Lipinski definition) is 0. The first-order chi connectivity index (χ1) is 5.40. The molecule has 0 aromatic carbocycles. The average Bonchev–Trinajstić information content (AvgIpc) is 2.60. The van der Waals surface area contributed by atoms with Crippen molar-refractivity contribution in [3.05, 3.63) is 12.8 Å². The minimum absolute atomic E-state index is 0.816. The van der Waals surface area contributed by atoms with Crippen LogP contribution in [0.1, 0.15) is 19.3 Å². The highest BCUT2D eigenvalue weighted by molar-refractivity contribution is 8.01. The van der Waals surface area contributed by atoms with Crippen LogP contribution in [0, 0.1) is 5.92 Å². The van der Waals surface area contributed by atoms with Gasteiger partial charge in [-0.3, -0.25) is 0 Å². The van der Waals surface area contributed by atoms with Crippen LogP contribution in [0.25, 0.3) is 0 Å². The van der Waals surface area contributed by atoms with E-state index < -0.39 is 0 Å². The van der Waals surface area contributed by atoms with Crippen LogP contribution in [0.5, 0.6) is 0 Å². The van der Waals surface area contributed by atoms with E-state index in [4.69, 9.17) is 4.74 Å². The summed E-state index contributed by atoms with van der Waals surface area (Å²) in [4.78, 5) is 0. The summed E-state index contributed by atoms with van der Waals surface area (Å²) in [6.45, 7) is 4.46. The Morgan fingerprint density at radius 1 is 1.55 bits per heavy atom. The summed E-state index contributed by atoms with van der Waals surface area (Å²) < 4.78 is 5.22. The molecule has 2 aliphatic rings. The van der Waals surface area contributed by atoms with Crippen LogP contribution < -0.4 is 0 Å². The maximum Gasteiger partial charge on any atom is 0.0912 e. The smallest absolute Gasteiger partial charge is 0.0912 e. The topological polar surface area (TPSA) is 9.23 Å². The summed E-state index contributed by atoms with van der Waals surface area (Å²) in [5.41, 5.74) is 0. The van der Waals surface area contributed by atoms with Gasteiger partial charge in [0.05, 0.1) is 12.9 Å². The molecule has 62 valence electrons. The summed E-state index contributed by atoms with van der Waals surface area (Å²) in [6.07, 6.45) is 5.81. The molecule has 2 aliphatic heterocycles. The van der Waals surface area contributed by atoms with E-state index >= 15 is 0 Å². The number of rotatable bonds is 3. The van der Waals surface area contributed by atoms with Crippen molar-refractivity contribution in [1.82, 2.24) is 0 Å². The molecule has 0 aliphatic carbocycles. The van der Waals surface area contributed by atoms with Gasteiger partial charge in [0.2, 0.25) is 0 Å². The van der Waals surface area contributed by atoms with E-state index in [-0.39, 0.29) is 0 Å². The minimum Gasteiger partial charge on any atom is -0.501 e. The van der Waals surface area contributed by atoms with Gasteiger partial charge in [0.1, 0.15) is 0 Å². The number of ether oxygens (including phenoxy) is 1. The third-order valence-corrected chi connectivity index (χ3v) is 4.44. The Morgan fingerprint density at radius 3 is 3.00 bits per heavy atom. The zero-order valence-corrected chi connectivity index (χ0v) is 7.48. The molecule has 0 aromatic rings. The SMILES string of the molecule is C=COCC1CC2CCC1S2. The van der Waals surface area contributed by atoms with Crippen molar-refractivity contribution in [2.75, 3.05) is 6.61 Å². The highest BCUT2D eigenvalue weighted by Gasteiger charge is 2.40. The fourth-order valence-electron chi connectivity index (χ4n) is 2.11. The maximum atomic E-state index is 5.22. The quantitative estimate of drug-likeness (QED) is 0.602. The largest absolute Gasteiger partial charge is 0.501 e. The minimum atomic E-state index is 0.816. The van der Waals surface area contributed by atoms with E-state index in [9.17, 15) is 0 Å². The van der Waals surface area contributed by atoms with Crippen LogP contribution in [0.2, 0.25) is 0 Å². The lowest BCUT2D eigenvalue weighted by molar-refractivity contribution is 0.181. The molecular weight excluding hydrogens is 156 g/mol. The molecule has 2 heterocycles. The van der Waals surface area contributed by atoms with Gasteiger partial charge in [0.25, 0.3) is 0 Å². The highest BCUT2D eigenvalue weighted by Crippen LogP contribution is 2.49. The number of thioether (sulfide) groups is 1. The second-order valence-corrected chi connectivity index (χ2v) is 4.91. The molecule has 2 saturated heterocycles. The van der Waals surface area contributed by atoms with Gasteiger partial charge in [-0.2, -0.15) is 11.8 Å². The molecule has 0 spiro atoms. The van der Waals surface area contributed by atoms with Crippen molar-refractivity contribution in [2.24, 2.45) is 5.92 Å². The molecule has 0 radical (unpaired) electrons. The summed E-state index contributed by atoms with van der Waals surface area (Å²) in [5.74, 6) is 0.816. The maximum absolute atomic E-state index is 5.22. The summed E-state index contributed by atoms with van der Waals surface area (Å²) in [6, 6.07) is 0. The van der Waals surface area contributed by atoms with Gasteiger partial charge < -0.3 is 4.74 Å². The zero-order valence-electron chi connectivity index (χ0n) is 6.66. The average molecular weight is 170 g/mol. The predicted octanol–water partition coefficient (Wildman–Crippen LogP) is 2.43. The Morgan fingerprint density at radius 2 is 2.45 bits per heavy atom. The molecule has 3 unspecified atom stereocenters. The third-order valence-electron chi connectivity index (χ3n) is 2.66.